The number of esters is 2. The van der Waals surface area contributed by atoms with Crippen molar-refractivity contribution in [1.29, 1.82) is 0 Å². The van der Waals surface area contributed by atoms with Gasteiger partial charge in [0.1, 0.15) is 24.0 Å². The van der Waals surface area contributed by atoms with Gasteiger partial charge in [0.05, 0.1) is 24.0 Å². The molecule has 0 spiro atoms. The molecular formula is C35H51N3O17P2. The topological polar surface area (TPSA) is 264 Å². The average Bonchev–Trinajstić information content (AvgIpc) is 3.63. The second-order valence-electron chi connectivity index (χ2n) is 16.1. The van der Waals surface area contributed by atoms with E-state index in [1.165, 1.54) is 27.7 Å². The summed E-state index contributed by atoms with van der Waals surface area (Å²) < 4.78 is 72.1. The highest BCUT2D eigenvalue weighted by molar-refractivity contribution is 7.61. The first kappa shape index (κ1) is 46.1. The number of aliphatic hydroxyl groups excluding tert-OH is 2. The van der Waals surface area contributed by atoms with Crippen molar-refractivity contribution in [2.45, 2.75) is 113 Å². The molecule has 3 N–H and O–H groups in total. The molecule has 7 atom stereocenters. The molecule has 0 amide bonds. The zero-order valence-electron chi connectivity index (χ0n) is 33.3. The van der Waals surface area contributed by atoms with Gasteiger partial charge >= 0.3 is 33.3 Å². The van der Waals surface area contributed by atoms with Crippen molar-refractivity contribution in [2.75, 3.05) is 6.61 Å². The molecule has 1 aromatic carbocycles. The number of phosphoric ester groups is 2. The fraction of sp³-hybridized carbons (Fsp3) is 0.629. The minimum absolute atomic E-state index is 0.268. The van der Waals surface area contributed by atoms with E-state index in [9.17, 15) is 43.4 Å². The third-order valence-corrected chi connectivity index (χ3v) is 11.3. The van der Waals surface area contributed by atoms with Crippen LogP contribution in [0.5, 0.6) is 0 Å². The molecule has 1 aliphatic heterocycles. The van der Waals surface area contributed by atoms with Gasteiger partial charge in [0, 0.05) is 29.5 Å². The number of ether oxygens (including phenoxy) is 3. The van der Waals surface area contributed by atoms with Crippen molar-refractivity contribution >= 4 is 38.6 Å². The number of phosphoric acid groups is 2. The molecule has 1 fully saturated rings. The van der Waals surface area contributed by atoms with Gasteiger partial charge in [0.25, 0.3) is 5.56 Å². The van der Waals surface area contributed by atoms with Gasteiger partial charge in [-0.3, -0.25) is 28.0 Å². The lowest BCUT2D eigenvalue weighted by Gasteiger charge is -2.32. The lowest BCUT2D eigenvalue weighted by molar-refractivity contribution is -0.191. The van der Waals surface area contributed by atoms with Gasteiger partial charge in [-0.05, 0) is 53.7 Å². The van der Waals surface area contributed by atoms with E-state index in [0.29, 0.717) is 11.0 Å². The zero-order valence-corrected chi connectivity index (χ0v) is 35.1. The van der Waals surface area contributed by atoms with Crippen LogP contribution in [0.4, 0.5) is 0 Å². The van der Waals surface area contributed by atoms with Crippen LogP contribution in [0, 0.1) is 22.7 Å². The summed E-state index contributed by atoms with van der Waals surface area (Å²) >= 11 is 0. The minimum Gasteiger partial charge on any atom is -0.434 e. The second-order valence-corrected chi connectivity index (χ2v) is 19.3. The lowest BCUT2D eigenvalue weighted by atomic mass is 9.97. The first-order valence-electron chi connectivity index (χ1n) is 18.0. The van der Waals surface area contributed by atoms with E-state index < -0.39 is 105 Å². The zero-order chi connectivity index (χ0) is 42.8. The highest BCUT2D eigenvalue weighted by Gasteiger charge is 2.49. The number of hydrogen-bond donors (Lipinski definition) is 3. The standard InChI is InChI=1S/C35H51N3O17P2/c1-19(2)29(50-31(42)34(5,6)7)53-57(47,54-30(20(3)4)51-32(43)35(8,9)10)55-56(45,46)48-18-24-26(40)27(41)28(49-24)37-16-15-25(39)38(33(37)44)17-22-21-13-11-12-14-23(21)52-36-22/h11-16,19-20,24,26-30,40-41H,17-18H2,1-10H3,(H,45,46)/t24-,26?,27+,28-,29?,30?,57?/m1/s1. The number of carbonyl (C=O) groups is 2. The third kappa shape index (κ3) is 11.6. The summed E-state index contributed by atoms with van der Waals surface area (Å²) in [5.74, 6) is -3.06. The molecule has 57 heavy (non-hydrogen) atoms. The van der Waals surface area contributed by atoms with Crippen molar-refractivity contribution in [3.8, 4) is 0 Å². The third-order valence-electron chi connectivity index (χ3n) is 8.30. The quantitative estimate of drug-likeness (QED) is 0.103. The van der Waals surface area contributed by atoms with Crippen LogP contribution in [-0.4, -0.2) is 78.8 Å². The number of nitrogens with zero attached hydrogens (tertiary/aromatic N) is 3. The summed E-state index contributed by atoms with van der Waals surface area (Å²) in [5.41, 5.74) is -3.10. The SMILES string of the molecule is CC(C)C(OC(=O)C(C)(C)C)OP(=O)(OC(OC(=O)C(C)(C)C)C(C)C)OP(=O)(O)OC[C@H]1O[C@@H](n2ccc(=O)n(Cc3noc4ccccc34)c2=O)[C@@H](O)C1O. The Kier molecular flexibility index (Phi) is 14.4. The average molecular weight is 848 g/mol. The van der Waals surface area contributed by atoms with Crippen LogP contribution in [0.1, 0.15) is 81.2 Å². The van der Waals surface area contributed by atoms with E-state index in [4.69, 9.17) is 36.6 Å². The molecule has 1 aliphatic rings. The molecular weight excluding hydrogens is 796 g/mol. The van der Waals surface area contributed by atoms with Crippen LogP contribution in [0.25, 0.3) is 11.0 Å². The van der Waals surface area contributed by atoms with Crippen LogP contribution in [0.15, 0.2) is 50.6 Å². The lowest BCUT2D eigenvalue weighted by Crippen LogP contribution is -2.43. The van der Waals surface area contributed by atoms with Crippen LogP contribution in [0.3, 0.4) is 0 Å². The predicted molar refractivity (Wildman–Crippen MR) is 199 cm³/mol. The fourth-order valence-electron chi connectivity index (χ4n) is 4.93. The molecule has 0 aliphatic carbocycles. The predicted octanol–water partition coefficient (Wildman–Crippen LogP) is 4.24. The Morgan fingerprint density at radius 2 is 1.42 bits per heavy atom. The molecule has 20 nitrogen and oxygen atoms in total. The van der Waals surface area contributed by atoms with E-state index in [-0.39, 0.29) is 12.2 Å². The van der Waals surface area contributed by atoms with Crippen molar-refractivity contribution in [1.82, 2.24) is 14.3 Å². The highest BCUT2D eigenvalue weighted by atomic mass is 31.3. The summed E-state index contributed by atoms with van der Waals surface area (Å²) in [5, 5.41) is 26.2. The number of aliphatic hydroxyl groups is 2. The summed E-state index contributed by atoms with van der Waals surface area (Å²) in [7, 11) is -11.0. The van der Waals surface area contributed by atoms with Crippen LogP contribution in [0.2, 0.25) is 0 Å². The first-order chi connectivity index (χ1) is 26.2. The minimum atomic E-state index is -5.58. The fourth-order valence-corrected chi connectivity index (χ4v) is 7.90. The molecule has 3 aromatic rings. The maximum Gasteiger partial charge on any atom is 0.490 e. The molecule has 1 saturated heterocycles. The normalized spacial score (nSPS) is 22.3. The second kappa shape index (κ2) is 17.7. The van der Waals surface area contributed by atoms with Crippen molar-refractivity contribution in [3.63, 3.8) is 0 Å². The van der Waals surface area contributed by atoms with Crippen molar-refractivity contribution < 1.29 is 70.4 Å². The van der Waals surface area contributed by atoms with Gasteiger partial charge in [-0.1, -0.05) is 45.0 Å². The first-order valence-corrected chi connectivity index (χ1v) is 20.9. The van der Waals surface area contributed by atoms with Crippen LogP contribution < -0.4 is 11.2 Å². The molecule has 0 saturated carbocycles. The van der Waals surface area contributed by atoms with E-state index in [0.717, 1.165) is 21.4 Å². The number of rotatable bonds is 16. The summed E-state index contributed by atoms with van der Waals surface area (Å²) in [6.07, 6.45) is -9.26. The van der Waals surface area contributed by atoms with Crippen molar-refractivity contribution in [3.05, 3.63) is 63.1 Å². The summed E-state index contributed by atoms with van der Waals surface area (Å²) in [6, 6.07) is 7.80. The number of carbonyl (C=O) groups excluding carboxylic acids is 2. The monoisotopic (exact) mass is 847 g/mol. The van der Waals surface area contributed by atoms with E-state index in [1.54, 1.807) is 65.8 Å². The van der Waals surface area contributed by atoms with E-state index >= 15 is 0 Å². The molecule has 4 unspecified atom stereocenters. The molecule has 0 radical (unpaired) electrons. The summed E-state index contributed by atoms with van der Waals surface area (Å²) in [6.45, 7) is 14.0. The van der Waals surface area contributed by atoms with Crippen LogP contribution in [-0.2, 0) is 57.4 Å². The van der Waals surface area contributed by atoms with Gasteiger partial charge < -0.3 is 33.8 Å². The highest BCUT2D eigenvalue weighted by Crippen LogP contribution is 2.65. The number of benzene rings is 1. The largest absolute Gasteiger partial charge is 0.490 e. The Bertz CT molecular complexity index is 2070. The number of aromatic nitrogens is 3. The van der Waals surface area contributed by atoms with Gasteiger partial charge in [0.15, 0.2) is 11.8 Å². The Hall–Kier alpha value is -3.55. The smallest absolute Gasteiger partial charge is 0.434 e. The molecule has 22 heteroatoms. The number of hydrogen-bond acceptors (Lipinski definition) is 17. The Balaban J connectivity index is 1.56. The van der Waals surface area contributed by atoms with E-state index in [2.05, 4.69) is 5.16 Å². The number of fused-ring (bicyclic) bond motifs is 1. The molecule has 4 rings (SSSR count). The molecule has 2 aromatic heterocycles. The van der Waals surface area contributed by atoms with Crippen LogP contribution >= 0.6 is 15.6 Å². The van der Waals surface area contributed by atoms with Gasteiger partial charge in [-0.2, -0.15) is 4.31 Å². The maximum absolute atomic E-state index is 14.3. The number of para-hydroxylation sites is 1. The Morgan fingerprint density at radius 3 is 1.95 bits per heavy atom. The summed E-state index contributed by atoms with van der Waals surface area (Å²) in [4.78, 5) is 62.7. The van der Waals surface area contributed by atoms with E-state index in [1.807, 2.05) is 0 Å². The Labute approximate surface area is 328 Å². The van der Waals surface area contributed by atoms with Gasteiger partial charge in [-0.15, -0.1) is 0 Å². The molecule has 318 valence electrons. The van der Waals surface area contributed by atoms with Gasteiger partial charge in [-0.25, -0.2) is 23.0 Å². The van der Waals surface area contributed by atoms with Gasteiger partial charge in [0.2, 0.25) is 12.6 Å². The maximum atomic E-state index is 14.3. The molecule has 0 bridgehead atoms. The molecule has 3 heterocycles. The van der Waals surface area contributed by atoms with Crippen molar-refractivity contribution in [2.24, 2.45) is 22.7 Å². The Morgan fingerprint density at radius 1 is 0.877 bits per heavy atom.